The van der Waals surface area contributed by atoms with E-state index in [-0.39, 0.29) is 0 Å². The van der Waals surface area contributed by atoms with E-state index in [1.54, 1.807) is 0 Å². The van der Waals surface area contributed by atoms with Gasteiger partial charge in [0, 0.05) is 16.5 Å². The van der Waals surface area contributed by atoms with E-state index in [0.29, 0.717) is 0 Å². The Morgan fingerprint density at radius 2 is 0.900 bits per heavy atom. The van der Waals surface area contributed by atoms with Gasteiger partial charge < -0.3 is 0 Å². The van der Waals surface area contributed by atoms with Crippen molar-refractivity contribution in [2.75, 3.05) is 0 Å². The molecule has 0 atom stereocenters. The van der Waals surface area contributed by atoms with Gasteiger partial charge in [-0.2, -0.15) is 0 Å². The second-order valence-electron chi connectivity index (χ2n) is 10.2. The van der Waals surface area contributed by atoms with E-state index in [2.05, 4.69) is 121 Å². The van der Waals surface area contributed by atoms with Gasteiger partial charge in [0.1, 0.15) is 0 Å². The molecular formula is C38H24N2. The van der Waals surface area contributed by atoms with Crippen molar-refractivity contribution in [2.24, 2.45) is 0 Å². The van der Waals surface area contributed by atoms with Crippen molar-refractivity contribution in [2.45, 2.75) is 0 Å². The number of aromatic nitrogens is 2. The van der Waals surface area contributed by atoms with Crippen LogP contribution < -0.4 is 0 Å². The summed E-state index contributed by atoms with van der Waals surface area (Å²) in [7, 11) is 0. The maximum absolute atomic E-state index is 5.08. The highest BCUT2D eigenvalue weighted by atomic mass is 14.9. The van der Waals surface area contributed by atoms with Crippen LogP contribution in [0.25, 0.3) is 77.0 Å². The van der Waals surface area contributed by atoms with Crippen LogP contribution in [0.3, 0.4) is 0 Å². The van der Waals surface area contributed by atoms with Gasteiger partial charge in [-0.1, -0.05) is 127 Å². The minimum Gasteiger partial charge on any atom is -0.228 e. The zero-order valence-electron chi connectivity index (χ0n) is 21.8. The molecule has 1 heterocycles. The third kappa shape index (κ3) is 3.73. The van der Waals surface area contributed by atoms with E-state index in [1.807, 2.05) is 24.3 Å². The highest BCUT2D eigenvalue weighted by Gasteiger charge is 2.13. The van der Waals surface area contributed by atoms with Crippen LogP contribution in [0.2, 0.25) is 0 Å². The zero-order valence-corrected chi connectivity index (χ0v) is 21.8. The third-order valence-electron chi connectivity index (χ3n) is 7.85. The molecule has 0 fully saturated rings. The standard InChI is InChI=1S/C38H24N2/c1-3-10-27(11-4-1)37-35-24-30(19-22-36(35)39-38(40-37)28-12-5-2-6-13-28)29-16-15-26-18-20-32-31-14-8-7-9-25(31)17-21-33(32)34(26)23-29/h1-24H. The second kappa shape index (κ2) is 9.14. The van der Waals surface area contributed by atoms with Gasteiger partial charge in [-0.15, -0.1) is 0 Å². The summed E-state index contributed by atoms with van der Waals surface area (Å²) < 4.78 is 0. The monoisotopic (exact) mass is 508 g/mol. The van der Waals surface area contributed by atoms with Crippen molar-refractivity contribution in [3.05, 3.63) is 146 Å². The molecule has 1 aromatic heterocycles. The highest BCUT2D eigenvalue weighted by Crippen LogP contribution is 2.36. The summed E-state index contributed by atoms with van der Waals surface area (Å²) in [5, 5.41) is 8.68. The minimum absolute atomic E-state index is 0.740. The van der Waals surface area contributed by atoms with E-state index in [1.165, 1.54) is 37.9 Å². The summed E-state index contributed by atoms with van der Waals surface area (Å²) in [4.78, 5) is 10.1. The van der Waals surface area contributed by atoms with Crippen LogP contribution in [-0.2, 0) is 0 Å². The van der Waals surface area contributed by atoms with Gasteiger partial charge in [-0.25, -0.2) is 9.97 Å². The van der Waals surface area contributed by atoms with E-state index in [4.69, 9.17) is 9.97 Å². The van der Waals surface area contributed by atoms with Gasteiger partial charge in [-0.3, -0.25) is 0 Å². The second-order valence-corrected chi connectivity index (χ2v) is 10.2. The highest BCUT2D eigenvalue weighted by molar-refractivity contribution is 6.17. The quantitative estimate of drug-likeness (QED) is 0.222. The molecule has 0 aliphatic heterocycles. The van der Waals surface area contributed by atoms with E-state index >= 15 is 0 Å². The normalized spacial score (nSPS) is 11.5. The van der Waals surface area contributed by atoms with Crippen molar-refractivity contribution in [1.29, 1.82) is 0 Å². The van der Waals surface area contributed by atoms with Crippen LogP contribution in [0, 0.1) is 0 Å². The predicted molar refractivity (Wildman–Crippen MR) is 168 cm³/mol. The molecule has 0 aliphatic carbocycles. The summed E-state index contributed by atoms with van der Waals surface area (Å²) in [6.07, 6.45) is 0. The molecule has 0 aliphatic rings. The summed E-state index contributed by atoms with van der Waals surface area (Å²) in [5.74, 6) is 0.740. The van der Waals surface area contributed by atoms with Crippen molar-refractivity contribution < 1.29 is 0 Å². The van der Waals surface area contributed by atoms with Crippen molar-refractivity contribution in [3.8, 4) is 33.8 Å². The van der Waals surface area contributed by atoms with Crippen LogP contribution in [0.5, 0.6) is 0 Å². The molecule has 0 bridgehead atoms. The molecule has 0 spiro atoms. The molecule has 0 unspecified atom stereocenters. The van der Waals surface area contributed by atoms with Crippen molar-refractivity contribution in [3.63, 3.8) is 0 Å². The fourth-order valence-corrected chi connectivity index (χ4v) is 5.84. The molecule has 8 rings (SSSR count). The molecule has 186 valence electrons. The topological polar surface area (TPSA) is 25.8 Å². The first-order valence-corrected chi connectivity index (χ1v) is 13.6. The number of hydrogen-bond donors (Lipinski definition) is 0. The molecule has 0 saturated heterocycles. The Bertz CT molecular complexity index is 2200. The maximum atomic E-state index is 5.08. The van der Waals surface area contributed by atoms with Gasteiger partial charge >= 0.3 is 0 Å². The average Bonchev–Trinajstić information content (AvgIpc) is 3.04. The molecule has 2 nitrogen and oxygen atoms in total. The van der Waals surface area contributed by atoms with E-state index in [0.717, 1.165) is 39.1 Å². The average molecular weight is 509 g/mol. The largest absolute Gasteiger partial charge is 0.228 e. The Morgan fingerprint density at radius 3 is 1.68 bits per heavy atom. The lowest BCUT2D eigenvalue weighted by Crippen LogP contribution is -1.95. The van der Waals surface area contributed by atoms with Crippen LogP contribution in [-0.4, -0.2) is 9.97 Å². The van der Waals surface area contributed by atoms with E-state index in [9.17, 15) is 0 Å². The van der Waals surface area contributed by atoms with E-state index < -0.39 is 0 Å². The molecule has 8 aromatic rings. The molecule has 0 saturated carbocycles. The van der Waals surface area contributed by atoms with Gasteiger partial charge in [0.15, 0.2) is 5.82 Å². The van der Waals surface area contributed by atoms with Crippen LogP contribution in [0.4, 0.5) is 0 Å². The summed E-state index contributed by atoms with van der Waals surface area (Å²) >= 11 is 0. The lowest BCUT2D eigenvalue weighted by molar-refractivity contribution is 1.23. The SMILES string of the molecule is c1ccc(-c2nc(-c3ccccc3)c3cc(-c4ccc5ccc6c7ccccc7ccc6c5c4)ccc3n2)cc1. The molecule has 7 aromatic carbocycles. The van der Waals surface area contributed by atoms with Gasteiger partial charge in [0.25, 0.3) is 0 Å². The van der Waals surface area contributed by atoms with Gasteiger partial charge in [-0.05, 0) is 61.6 Å². The third-order valence-corrected chi connectivity index (χ3v) is 7.85. The molecular weight excluding hydrogens is 484 g/mol. The van der Waals surface area contributed by atoms with Crippen LogP contribution in [0.1, 0.15) is 0 Å². The Hall–Kier alpha value is -5.34. The molecule has 40 heavy (non-hydrogen) atoms. The molecule has 0 amide bonds. The molecule has 0 radical (unpaired) electrons. The zero-order chi connectivity index (χ0) is 26.5. The first-order valence-electron chi connectivity index (χ1n) is 13.6. The number of hydrogen-bond acceptors (Lipinski definition) is 2. The Labute approximate surface area is 232 Å². The Kier molecular flexibility index (Phi) is 5.17. The lowest BCUT2D eigenvalue weighted by Gasteiger charge is -2.12. The minimum atomic E-state index is 0.740. The number of benzene rings is 7. The Morgan fingerprint density at radius 1 is 0.325 bits per heavy atom. The smallest absolute Gasteiger partial charge is 0.160 e. The summed E-state index contributed by atoms with van der Waals surface area (Å²) in [6, 6.07) is 51.5. The van der Waals surface area contributed by atoms with Crippen LogP contribution in [0.15, 0.2) is 146 Å². The molecule has 2 heteroatoms. The summed E-state index contributed by atoms with van der Waals surface area (Å²) in [5.41, 5.74) is 6.32. The number of fused-ring (bicyclic) bond motifs is 6. The number of nitrogens with zero attached hydrogens (tertiary/aromatic N) is 2. The predicted octanol–water partition coefficient (Wildman–Crippen LogP) is 10.1. The Balaban J connectivity index is 1.34. The lowest BCUT2D eigenvalue weighted by atomic mass is 9.94. The van der Waals surface area contributed by atoms with Crippen molar-refractivity contribution in [1.82, 2.24) is 9.97 Å². The van der Waals surface area contributed by atoms with Crippen molar-refractivity contribution >= 4 is 43.2 Å². The maximum Gasteiger partial charge on any atom is 0.160 e. The van der Waals surface area contributed by atoms with Crippen LogP contribution >= 0.6 is 0 Å². The fourth-order valence-electron chi connectivity index (χ4n) is 5.84. The molecule has 0 N–H and O–H groups in total. The van der Waals surface area contributed by atoms with Gasteiger partial charge in [0.05, 0.1) is 11.2 Å². The first kappa shape index (κ1) is 22.6. The first-order chi connectivity index (χ1) is 19.8. The number of rotatable bonds is 3. The fraction of sp³-hybridized carbons (Fsp3) is 0. The van der Waals surface area contributed by atoms with Gasteiger partial charge in [0.2, 0.25) is 0 Å². The summed E-state index contributed by atoms with van der Waals surface area (Å²) in [6.45, 7) is 0.